The standard InChI is InChI=1S/C60H98N12O12/c1-41(2)19-33-83-53-40-54(84-34-20-42(3)4)48(60(78)70-68-58(76)46-36-44(56(74)66-26-28-72(7)8)50(81-31-17-13-23-63)39-52(46)82-32-18-14-24-64)37-47(53)59(77)69-67-57(75)45-35-43(55(73)65-25-27-71(5)6)49(79-29-15-9-11-21-61)38-51(45)80-30-16-10-12-22-62/h35-42H,9-34,61-64H2,1-8H3,(H,65,73)(H,66,74)(H,67,75)(H,68,76)(H,69,77)(H,70,78). The first-order valence-electron chi connectivity index (χ1n) is 29.5. The Morgan fingerprint density at radius 3 is 0.845 bits per heavy atom. The largest absolute Gasteiger partial charge is 0.493 e. The summed E-state index contributed by atoms with van der Waals surface area (Å²) in [5.41, 5.74) is 32.4. The van der Waals surface area contributed by atoms with Gasteiger partial charge in [-0.15, -0.1) is 0 Å². The van der Waals surface area contributed by atoms with Gasteiger partial charge in [-0.25, -0.2) is 0 Å². The number of hydrogen-bond donors (Lipinski definition) is 10. The van der Waals surface area contributed by atoms with Gasteiger partial charge < -0.3 is 71.8 Å². The van der Waals surface area contributed by atoms with Gasteiger partial charge in [0.15, 0.2) is 0 Å². The Morgan fingerprint density at radius 2 is 0.595 bits per heavy atom. The molecule has 0 fully saturated rings. The number of ether oxygens (including phenoxy) is 6. The molecule has 6 amide bonds. The summed E-state index contributed by atoms with van der Waals surface area (Å²) in [6.45, 7) is 12.9. The number of likely N-dealkylation sites (N-methyl/N-ethyl adjacent to an activating group) is 2. The Kier molecular flexibility index (Phi) is 34.2. The summed E-state index contributed by atoms with van der Waals surface area (Å²) in [4.78, 5) is 89.1. The number of hydrazine groups is 2. The molecule has 0 spiro atoms. The Morgan fingerprint density at radius 1 is 0.357 bits per heavy atom. The van der Waals surface area contributed by atoms with Crippen LogP contribution in [0.5, 0.6) is 34.5 Å². The first-order chi connectivity index (χ1) is 40.3. The van der Waals surface area contributed by atoms with E-state index in [0.717, 1.165) is 25.7 Å². The van der Waals surface area contributed by atoms with Crippen LogP contribution in [0.2, 0.25) is 0 Å². The fourth-order valence-corrected chi connectivity index (χ4v) is 7.81. The van der Waals surface area contributed by atoms with E-state index in [1.54, 1.807) is 0 Å². The summed E-state index contributed by atoms with van der Waals surface area (Å²) >= 11 is 0. The average Bonchev–Trinajstić information content (AvgIpc) is 3.37. The highest BCUT2D eigenvalue weighted by Gasteiger charge is 2.28. The zero-order chi connectivity index (χ0) is 61.8. The van der Waals surface area contributed by atoms with Crippen molar-refractivity contribution in [2.24, 2.45) is 34.8 Å². The molecule has 84 heavy (non-hydrogen) atoms. The number of nitrogens with one attached hydrogen (secondary N) is 6. The predicted octanol–water partition coefficient (Wildman–Crippen LogP) is 4.52. The van der Waals surface area contributed by atoms with Crippen molar-refractivity contribution in [3.05, 3.63) is 69.8 Å². The van der Waals surface area contributed by atoms with Crippen molar-refractivity contribution in [2.75, 3.05) is 120 Å². The molecule has 0 bridgehead atoms. The summed E-state index contributed by atoms with van der Waals surface area (Å²) in [6.07, 6.45) is 8.14. The monoisotopic (exact) mass is 1180 g/mol. The van der Waals surface area contributed by atoms with Gasteiger partial charge in [-0.2, -0.15) is 0 Å². The molecule has 3 rings (SSSR count). The smallest absolute Gasteiger partial charge is 0.273 e. The number of carbonyl (C=O) groups excluding carboxylic acids is 6. The third-order valence-electron chi connectivity index (χ3n) is 12.8. The van der Waals surface area contributed by atoms with Gasteiger partial charge in [0, 0.05) is 44.4 Å². The molecule has 14 N–H and O–H groups in total. The molecule has 0 saturated carbocycles. The van der Waals surface area contributed by atoms with Crippen molar-refractivity contribution in [1.82, 2.24) is 42.1 Å². The van der Waals surface area contributed by atoms with Crippen molar-refractivity contribution in [3.8, 4) is 34.5 Å². The summed E-state index contributed by atoms with van der Waals surface area (Å²) < 4.78 is 37.0. The Bertz CT molecular complexity index is 2510. The van der Waals surface area contributed by atoms with Gasteiger partial charge in [0.05, 0.1) is 73.0 Å². The second kappa shape index (κ2) is 40.3. The molecule has 0 aliphatic heterocycles. The van der Waals surface area contributed by atoms with Crippen LogP contribution in [0.15, 0.2) is 36.4 Å². The predicted molar refractivity (Wildman–Crippen MR) is 325 cm³/mol. The van der Waals surface area contributed by atoms with Gasteiger partial charge in [0.25, 0.3) is 35.4 Å². The molecule has 0 atom stereocenters. The van der Waals surface area contributed by atoms with Crippen LogP contribution in [-0.2, 0) is 0 Å². The molecule has 3 aromatic rings. The van der Waals surface area contributed by atoms with Gasteiger partial charge in [-0.1, -0.05) is 27.7 Å². The molecule has 0 aliphatic rings. The first kappa shape index (κ1) is 71.3. The van der Waals surface area contributed by atoms with E-state index in [-0.39, 0.29) is 119 Å². The molecule has 0 aliphatic carbocycles. The SMILES string of the molecule is CC(C)CCOc1cc(OCCC(C)C)c(C(=O)NNC(=O)c2cc(C(=O)NCCN(C)C)c(OCCCCCN)cc2OCCCCCN)cc1C(=O)NNC(=O)c1cc(C(=O)NCCN(C)C)c(OCCCCN)cc1OCCCCN. The summed E-state index contributed by atoms with van der Waals surface area (Å²) in [6, 6.07) is 8.34. The quantitative estimate of drug-likeness (QED) is 0.0275. The highest BCUT2D eigenvalue weighted by molar-refractivity contribution is 6.08. The maximum absolute atomic E-state index is 14.5. The van der Waals surface area contributed by atoms with Gasteiger partial charge in [-0.05, 0) is 161 Å². The van der Waals surface area contributed by atoms with E-state index in [2.05, 4.69) is 32.3 Å². The number of benzene rings is 3. The van der Waals surface area contributed by atoms with Crippen molar-refractivity contribution in [3.63, 3.8) is 0 Å². The minimum atomic E-state index is -0.895. The molecule has 24 nitrogen and oxygen atoms in total. The van der Waals surface area contributed by atoms with E-state index in [9.17, 15) is 28.8 Å². The fraction of sp³-hybridized carbons (Fsp3) is 0.600. The summed E-state index contributed by atoms with van der Waals surface area (Å²) in [7, 11) is 7.50. The van der Waals surface area contributed by atoms with E-state index in [0.29, 0.717) is 104 Å². The zero-order valence-corrected chi connectivity index (χ0v) is 51.1. The Labute approximate surface area is 497 Å². The van der Waals surface area contributed by atoms with Crippen LogP contribution in [0.1, 0.15) is 167 Å². The maximum Gasteiger partial charge on any atom is 0.273 e. The first-order valence-corrected chi connectivity index (χ1v) is 29.5. The molecular weight excluding hydrogens is 1080 g/mol. The van der Waals surface area contributed by atoms with Crippen LogP contribution in [0, 0.1) is 11.8 Å². The molecule has 0 aromatic heterocycles. The van der Waals surface area contributed by atoms with Crippen LogP contribution in [0.4, 0.5) is 0 Å². The van der Waals surface area contributed by atoms with Gasteiger partial charge >= 0.3 is 0 Å². The highest BCUT2D eigenvalue weighted by atomic mass is 16.5. The molecule has 3 aromatic carbocycles. The number of rotatable bonds is 42. The Hall–Kier alpha value is -6.96. The summed E-state index contributed by atoms with van der Waals surface area (Å²) in [5, 5.41) is 5.77. The van der Waals surface area contributed by atoms with Crippen molar-refractivity contribution in [1.29, 1.82) is 0 Å². The normalized spacial score (nSPS) is 11.1. The number of amides is 6. The lowest BCUT2D eigenvalue weighted by Crippen LogP contribution is -2.43. The van der Waals surface area contributed by atoms with Gasteiger partial charge in [0.2, 0.25) is 0 Å². The number of hydrogen-bond acceptors (Lipinski definition) is 18. The lowest BCUT2D eigenvalue weighted by Gasteiger charge is -2.20. The van der Waals surface area contributed by atoms with Gasteiger partial charge in [0.1, 0.15) is 34.5 Å². The van der Waals surface area contributed by atoms with E-state index < -0.39 is 35.4 Å². The minimum Gasteiger partial charge on any atom is -0.493 e. The number of nitrogens with two attached hydrogens (primary N) is 4. The van der Waals surface area contributed by atoms with E-state index in [4.69, 9.17) is 51.4 Å². The number of nitrogens with zero attached hydrogens (tertiary/aromatic N) is 2. The van der Waals surface area contributed by atoms with Crippen LogP contribution in [-0.4, -0.2) is 165 Å². The van der Waals surface area contributed by atoms with E-state index in [1.165, 1.54) is 36.4 Å². The number of carbonyl (C=O) groups is 6. The molecule has 0 radical (unpaired) electrons. The zero-order valence-electron chi connectivity index (χ0n) is 51.1. The topological polar surface area (TPSA) is 341 Å². The molecule has 24 heteroatoms. The fourth-order valence-electron chi connectivity index (χ4n) is 7.81. The van der Waals surface area contributed by atoms with Crippen molar-refractivity contribution < 1.29 is 57.2 Å². The number of unbranched alkanes of at least 4 members (excludes halogenated alkanes) is 6. The van der Waals surface area contributed by atoms with Crippen molar-refractivity contribution >= 4 is 35.4 Å². The Balaban J connectivity index is 2.13. The van der Waals surface area contributed by atoms with Crippen LogP contribution in [0.3, 0.4) is 0 Å². The lowest BCUT2D eigenvalue weighted by atomic mass is 10.1. The van der Waals surface area contributed by atoms with E-state index >= 15 is 0 Å². The van der Waals surface area contributed by atoms with Gasteiger partial charge in [-0.3, -0.25) is 50.5 Å². The molecule has 0 heterocycles. The van der Waals surface area contributed by atoms with Crippen molar-refractivity contribution in [2.45, 2.75) is 105 Å². The van der Waals surface area contributed by atoms with Crippen LogP contribution >= 0.6 is 0 Å². The van der Waals surface area contributed by atoms with Crippen LogP contribution in [0.25, 0.3) is 0 Å². The molecule has 470 valence electrons. The lowest BCUT2D eigenvalue weighted by molar-refractivity contribution is 0.0836. The third kappa shape index (κ3) is 26.3. The second-order valence-electron chi connectivity index (χ2n) is 21.6. The molecule has 0 saturated heterocycles. The highest BCUT2D eigenvalue weighted by Crippen LogP contribution is 2.34. The minimum absolute atomic E-state index is 0.0330. The van der Waals surface area contributed by atoms with Crippen LogP contribution < -0.4 is 83.7 Å². The molecule has 0 unspecified atom stereocenters. The summed E-state index contributed by atoms with van der Waals surface area (Å²) in [5.74, 6) is -3.38. The molecular formula is C60H98N12O12. The van der Waals surface area contributed by atoms with E-state index in [1.807, 2.05) is 65.7 Å². The second-order valence-corrected chi connectivity index (χ2v) is 21.6. The third-order valence-corrected chi connectivity index (χ3v) is 12.8. The average molecular weight is 1180 g/mol. The maximum atomic E-state index is 14.5.